The van der Waals surface area contributed by atoms with Gasteiger partial charge in [-0.1, -0.05) is 30.3 Å². The highest BCUT2D eigenvalue weighted by atomic mass is 15.1. The smallest absolute Gasteiger partial charge is 0.0107 e. The Labute approximate surface area is 105 Å². The molecule has 0 saturated carbocycles. The maximum Gasteiger partial charge on any atom is 0.0107 e. The Morgan fingerprint density at radius 1 is 1.00 bits per heavy atom. The Bertz CT molecular complexity index is 291. The van der Waals surface area contributed by atoms with Gasteiger partial charge in [0.25, 0.3) is 0 Å². The van der Waals surface area contributed by atoms with Crippen molar-refractivity contribution in [3.8, 4) is 0 Å². The van der Waals surface area contributed by atoms with E-state index in [1.54, 1.807) is 0 Å². The number of nitrogens with zero attached hydrogens (tertiary/aromatic N) is 1. The van der Waals surface area contributed by atoms with Crippen LogP contribution in [0.4, 0.5) is 0 Å². The molecule has 0 aliphatic carbocycles. The van der Waals surface area contributed by atoms with Crippen molar-refractivity contribution in [3.05, 3.63) is 35.9 Å². The van der Waals surface area contributed by atoms with Crippen molar-refractivity contribution in [1.82, 2.24) is 10.2 Å². The molecule has 0 amide bonds. The van der Waals surface area contributed by atoms with Crippen LogP contribution in [-0.2, 0) is 6.42 Å². The first-order valence-corrected chi connectivity index (χ1v) is 6.92. The second-order valence-corrected chi connectivity index (χ2v) is 4.89. The molecule has 1 saturated heterocycles. The molecule has 0 atom stereocenters. The lowest BCUT2D eigenvalue weighted by Gasteiger charge is -2.14. The third-order valence-corrected chi connectivity index (χ3v) is 3.47. The summed E-state index contributed by atoms with van der Waals surface area (Å²) in [4.78, 5) is 2.56. The van der Waals surface area contributed by atoms with Crippen molar-refractivity contribution >= 4 is 0 Å². The lowest BCUT2D eigenvalue weighted by Crippen LogP contribution is -2.30. The van der Waals surface area contributed by atoms with Gasteiger partial charge in [-0.2, -0.15) is 0 Å². The average molecular weight is 232 g/mol. The predicted molar refractivity (Wildman–Crippen MR) is 73.3 cm³/mol. The van der Waals surface area contributed by atoms with Gasteiger partial charge >= 0.3 is 0 Å². The Hall–Kier alpha value is -0.860. The molecule has 1 fully saturated rings. The molecule has 0 bridgehead atoms. The third-order valence-electron chi connectivity index (χ3n) is 3.47. The highest BCUT2D eigenvalue weighted by Gasteiger charge is 2.09. The van der Waals surface area contributed by atoms with Crippen molar-refractivity contribution < 1.29 is 0 Å². The molecule has 0 unspecified atom stereocenters. The monoisotopic (exact) mass is 232 g/mol. The lowest BCUT2D eigenvalue weighted by molar-refractivity contribution is 0.336. The molecule has 1 aromatic carbocycles. The number of rotatable bonds is 7. The summed E-state index contributed by atoms with van der Waals surface area (Å²) < 4.78 is 0. The fourth-order valence-corrected chi connectivity index (χ4v) is 2.43. The van der Waals surface area contributed by atoms with E-state index in [0.29, 0.717) is 0 Å². The van der Waals surface area contributed by atoms with Gasteiger partial charge in [0.05, 0.1) is 0 Å². The second-order valence-electron chi connectivity index (χ2n) is 4.89. The summed E-state index contributed by atoms with van der Waals surface area (Å²) in [6.07, 6.45) is 5.23. The highest BCUT2D eigenvalue weighted by molar-refractivity contribution is 5.14. The summed E-state index contributed by atoms with van der Waals surface area (Å²) in [7, 11) is 0. The maximum atomic E-state index is 3.54. The molecule has 0 spiro atoms. The van der Waals surface area contributed by atoms with Gasteiger partial charge in [0.15, 0.2) is 0 Å². The van der Waals surface area contributed by atoms with Gasteiger partial charge in [0, 0.05) is 13.1 Å². The Kier molecular flexibility index (Phi) is 5.53. The average Bonchev–Trinajstić information content (AvgIpc) is 2.88. The van der Waals surface area contributed by atoms with Crippen molar-refractivity contribution in [2.45, 2.75) is 25.7 Å². The fourth-order valence-electron chi connectivity index (χ4n) is 2.43. The first-order chi connectivity index (χ1) is 8.45. The minimum Gasteiger partial charge on any atom is -0.315 e. The molecule has 1 aromatic rings. The maximum absolute atomic E-state index is 3.54. The van der Waals surface area contributed by atoms with Crippen LogP contribution in [0.1, 0.15) is 24.8 Å². The molecule has 0 radical (unpaired) electrons. The van der Waals surface area contributed by atoms with Gasteiger partial charge in [0.1, 0.15) is 0 Å². The fraction of sp³-hybridized carbons (Fsp3) is 0.600. The highest BCUT2D eigenvalue weighted by Crippen LogP contribution is 2.05. The van der Waals surface area contributed by atoms with E-state index in [0.717, 1.165) is 13.1 Å². The first-order valence-electron chi connectivity index (χ1n) is 6.92. The van der Waals surface area contributed by atoms with Crippen LogP contribution in [0.2, 0.25) is 0 Å². The molecule has 94 valence electrons. The van der Waals surface area contributed by atoms with Crippen LogP contribution >= 0.6 is 0 Å². The van der Waals surface area contributed by atoms with Crippen LogP contribution in [0, 0.1) is 0 Å². The number of nitrogens with one attached hydrogen (secondary N) is 1. The van der Waals surface area contributed by atoms with Gasteiger partial charge < -0.3 is 10.2 Å². The molecule has 2 rings (SSSR count). The van der Waals surface area contributed by atoms with E-state index in [1.165, 1.54) is 50.9 Å². The zero-order valence-corrected chi connectivity index (χ0v) is 10.7. The predicted octanol–water partition coefficient (Wildman–Crippen LogP) is 2.30. The van der Waals surface area contributed by atoms with E-state index in [9.17, 15) is 0 Å². The Balaban J connectivity index is 1.46. The van der Waals surface area contributed by atoms with Gasteiger partial charge in [-0.15, -0.1) is 0 Å². The lowest BCUT2D eigenvalue weighted by atomic mass is 10.1. The molecular weight excluding hydrogens is 208 g/mol. The molecule has 2 nitrogen and oxygen atoms in total. The summed E-state index contributed by atoms with van der Waals surface area (Å²) >= 11 is 0. The quantitative estimate of drug-likeness (QED) is 0.726. The standard InChI is InChI=1S/C15H24N2/c1-2-7-15(8-3-1)9-6-10-16-11-14-17-12-4-5-13-17/h1-3,7-8,16H,4-6,9-14H2. The minimum absolute atomic E-state index is 1.14. The van der Waals surface area contributed by atoms with Crippen molar-refractivity contribution in [2.75, 3.05) is 32.7 Å². The number of likely N-dealkylation sites (tertiary alicyclic amines) is 1. The summed E-state index contributed by atoms with van der Waals surface area (Å²) in [6, 6.07) is 10.7. The number of benzene rings is 1. The summed E-state index contributed by atoms with van der Waals surface area (Å²) in [5.74, 6) is 0. The minimum atomic E-state index is 1.14. The second kappa shape index (κ2) is 7.46. The number of aryl methyl sites for hydroxylation is 1. The molecular formula is C15H24N2. The third kappa shape index (κ3) is 4.88. The van der Waals surface area contributed by atoms with E-state index in [-0.39, 0.29) is 0 Å². The van der Waals surface area contributed by atoms with Gasteiger partial charge in [-0.05, 0) is 50.9 Å². The van der Waals surface area contributed by atoms with E-state index in [4.69, 9.17) is 0 Å². The van der Waals surface area contributed by atoms with Crippen molar-refractivity contribution in [2.24, 2.45) is 0 Å². The van der Waals surface area contributed by atoms with E-state index in [1.807, 2.05) is 0 Å². The van der Waals surface area contributed by atoms with E-state index < -0.39 is 0 Å². The summed E-state index contributed by atoms with van der Waals surface area (Å²) in [5, 5.41) is 3.54. The van der Waals surface area contributed by atoms with Crippen molar-refractivity contribution in [3.63, 3.8) is 0 Å². The zero-order chi connectivity index (χ0) is 11.8. The number of hydrogen-bond donors (Lipinski definition) is 1. The Morgan fingerprint density at radius 3 is 2.53 bits per heavy atom. The zero-order valence-electron chi connectivity index (χ0n) is 10.7. The summed E-state index contributed by atoms with van der Waals surface area (Å²) in [6.45, 7) is 6.14. The molecule has 1 aliphatic heterocycles. The molecule has 17 heavy (non-hydrogen) atoms. The van der Waals surface area contributed by atoms with Crippen LogP contribution < -0.4 is 5.32 Å². The largest absolute Gasteiger partial charge is 0.315 e. The Morgan fingerprint density at radius 2 is 1.76 bits per heavy atom. The van der Waals surface area contributed by atoms with Crippen LogP contribution in [0.5, 0.6) is 0 Å². The SMILES string of the molecule is c1ccc(CCCNCCN2CCCC2)cc1. The van der Waals surface area contributed by atoms with Gasteiger partial charge in [-0.3, -0.25) is 0 Å². The van der Waals surface area contributed by atoms with E-state index in [2.05, 4.69) is 40.5 Å². The van der Waals surface area contributed by atoms with Crippen LogP contribution in [0.3, 0.4) is 0 Å². The summed E-state index contributed by atoms with van der Waals surface area (Å²) in [5.41, 5.74) is 1.45. The van der Waals surface area contributed by atoms with Gasteiger partial charge in [-0.25, -0.2) is 0 Å². The number of hydrogen-bond acceptors (Lipinski definition) is 2. The van der Waals surface area contributed by atoms with E-state index >= 15 is 0 Å². The first kappa shape index (κ1) is 12.6. The van der Waals surface area contributed by atoms with Crippen LogP contribution in [-0.4, -0.2) is 37.6 Å². The van der Waals surface area contributed by atoms with Crippen LogP contribution in [0.25, 0.3) is 0 Å². The molecule has 1 aliphatic rings. The molecule has 1 N–H and O–H groups in total. The van der Waals surface area contributed by atoms with Crippen molar-refractivity contribution in [1.29, 1.82) is 0 Å². The molecule has 2 heteroatoms. The van der Waals surface area contributed by atoms with Crippen LogP contribution in [0.15, 0.2) is 30.3 Å². The topological polar surface area (TPSA) is 15.3 Å². The molecule has 1 heterocycles. The normalized spacial score (nSPS) is 16.5. The molecule has 0 aromatic heterocycles. The van der Waals surface area contributed by atoms with Gasteiger partial charge in [0.2, 0.25) is 0 Å².